The molecule has 0 radical (unpaired) electrons. The summed E-state index contributed by atoms with van der Waals surface area (Å²) in [5, 5.41) is 2.82. The minimum atomic E-state index is -0.635. The molecule has 290 valence electrons. The number of rotatable bonds is 13. The lowest BCUT2D eigenvalue weighted by atomic mass is 10.0. The number of piperazine rings is 1. The van der Waals surface area contributed by atoms with E-state index in [4.69, 9.17) is 42.4 Å². The number of amides is 1. The Hall–Kier alpha value is -4.38. The van der Waals surface area contributed by atoms with Gasteiger partial charge in [-0.25, -0.2) is 11.4 Å². The minimum Gasteiger partial charge on any atom is -0.469 e. The Labute approximate surface area is 323 Å². The van der Waals surface area contributed by atoms with Crippen LogP contribution in [0.5, 0.6) is 6.01 Å². The Morgan fingerprint density at radius 2 is 1.83 bits per heavy atom. The number of aromatic nitrogens is 2. The van der Waals surface area contributed by atoms with Gasteiger partial charge in [0.05, 0.1) is 37.4 Å². The molecule has 14 heteroatoms. The van der Waals surface area contributed by atoms with Gasteiger partial charge in [0.15, 0.2) is 0 Å². The maximum atomic E-state index is 13.2. The van der Waals surface area contributed by atoms with Crippen molar-refractivity contribution in [2.45, 2.75) is 77.1 Å². The van der Waals surface area contributed by atoms with E-state index in [1.165, 1.54) is 7.11 Å². The summed E-state index contributed by atoms with van der Waals surface area (Å²) in [6.07, 6.45) is 3.52. The number of methoxy groups -OCH3 is 1. The summed E-state index contributed by atoms with van der Waals surface area (Å²) in [6.45, 7) is 19.3. The van der Waals surface area contributed by atoms with Crippen molar-refractivity contribution in [1.29, 1.82) is 0 Å². The molecular weight excluding hydrogens is 710 g/mol. The summed E-state index contributed by atoms with van der Waals surface area (Å²) in [5.41, 5.74) is 2.38. The number of carbonyl (C=O) groups excluding carboxylic acids is 2. The molecule has 2 fully saturated rings. The van der Waals surface area contributed by atoms with Crippen molar-refractivity contribution in [3.63, 3.8) is 0 Å². The number of fused-ring (bicyclic) bond motifs is 2. The summed E-state index contributed by atoms with van der Waals surface area (Å²) in [6, 6.07) is 12.4. The number of ether oxygens (including phenoxy) is 4. The normalized spacial score (nSPS) is 19.1. The fourth-order valence-corrected chi connectivity index (χ4v) is 7.89. The Morgan fingerprint density at radius 3 is 2.61 bits per heavy atom. The van der Waals surface area contributed by atoms with E-state index in [0.717, 1.165) is 72.4 Å². The van der Waals surface area contributed by atoms with Crippen LogP contribution in [0.4, 0.5) is 16.3 Å². The Kier molecular flexibility index (Phi) is 13.0. The van der Waals surface area contributed by atoms with Crippen molar-refractivity contribution in [3.8, 4) is 6.01 Å². The van der Waals surface area contributed by atoms with Crippen molar-refractivity contribution >= 4 is 45.9 Å². The molecule has 3 aliphatic rings. The van der Waals surface area contributed by atoms with E-state index in [1.54, 1.807) is 4.90 Å². The number of hydrogen-bond donors (Lipinski definition) is 0. The van der Waals surface area contributed by atoms with Gasteiger partial charge in [0.2, 0.25) is 6.54 Å². The highest BCUT2D eigenvalue weighted by atomic mass is 35.5. The maximum absolute atomic E-state index is 13.2. The minimum absolute atomic E-state index is 0.163. The van der Waals surface area contributed by atoms with E-state index < -0.39 is 11.7 Å². The van der Waals surface area contributed by atoms with E-state index in [-0.39, 0.29) is 31.0 Å². The van der Waals surface area contributed by atoms with Crippen LogP contribution in [0.1, 0.15) is 57.7 Å². The molecule has 3 aromatic rings. The Morgan fingerprint density at radius 1 is 1.02 bits per heavy atom. The predicted molar refractivity (Wildman–Crippen MR) is 208 cm³/mol. The lowest BCUT2D eigenvalue weighted by Gasteiger charge is -2.41. The average molecular weight is 762 g/mol. The van der Waals surface area contributed by atoms with Crippen LogP contribution in [0, 0.1) is 6.57 Å². The second kappa shape index (κ2) is 17.8. The van der Waals surface area contributed by atoms with Crippen LogP contribution in [0.25, 0.3) is 15.6 Å². The van der Waals surface area contributed by atoms with Crippen molar-refractivity contribution in [3.05, 3.63) is 64.1 Å². The summed E-state index contributed by atoms with van der Waals surface area (Å²) in [4.78, 5) is 47.0. The fourth-order valence-electron chi connectivity index (χ4n) is 7.61. The molecule has 6 rings (SSSR count). The third-order valence-electron chi connectivity index (χ3n) is 10.2. The highest BCUT2D eigenvalue weighted by Crippen LogP contribution is 2.37. The third-order valence-corrected chi connectivity index (χ3v) is 10.5. The number of likely N-dealkylation sites (tertiary alicyclic amines) is 1. The molecular formula is C40H52ClN7O6. The lowest BCUT2D eigenvalue weighted by Crippen LogP contribution is -2.57. The predicted octanol–water partition coefficient (Wildman–Crippen LogP) is 6.00. The number of carbonyl (C=O) groups is 2. The highest BCUT2D eigenvalue weighted by Gasteiger charge is 2.37. The summed E-state index contributed by atoms with van der Waals surface area (Å²) >= 11 is 6.76. The van der Waals surface area contributed by atoms with Crippen LogP contribution in [-0.2, 0) is 32.0 Å². The van der Waals surface area contributed by atoms with Crippen molar-refractivity contribution in [1.82, 2.24) is 19.8 Å². The number of esters is 1. The van der Waals surface area contributed by atoms with E-state index in [0.29, 0.717) is 63.5 Å². The molecule has 4 heterocycles. The first-order valence-electron chi connectivity index (χ1n) is 19.0. The van der Waals surface area contributed by atoms with Crippen molar-refractivity contribution < 1.29 is 28.5 Å². The van der Waals surface area contributed by atoms with Crippen LogP contribution in [0.3, 0.4) is 0 Å². The number of anilines is 2. The van der Waals surface area contributed by atoms with Gasteiger partial charge in [-0.1, -0.05) is 35.9 Å². The molecule has 0 aliphatic carbocycles. The molecule has 2 atom stereocenters. The zero-order valence-corrected chi connectivity index (χ0v) is 32.6. The largest absolute Gasteiger partial charge is 0.469 e. The fraction of sp³-hybridized carbons (Fsp3) is 0.575. The molecule has 0 bridgehead atoms. The van der Waals surface area contributed by atoms with E-state index in [1.807, 2.05) is 32.9 Å². The van der Waals surface area contributed by atoms with Crippen LogP contribution in [0.2, 0.25) is 5.02 Å². The van der Waals surface area contributed by atoms with Gasteiger partial charge in [0, 0.05) is 62.0 Å². The van der Waals surface area contributed by atoms with Crippen LogP contribution >= 0.6 is 11.6 Å². The summed E-state index contributed by atoms with van der Waals surface area (Å²) in [5.74, 6) is 0.535. The van der Waals surface area contributed by atoms with Crippen molar-refractivity contribution in [2.24, 2.45) is 0 Å². The molecule has 1 aromatic heterocycles. The maximum Gasteiger partial charge on any atom is 0.410 e. The first-order valence-corrected chi connectivity index (χ1v) is 19.3. The molecule has 0 N–H and O–H groups in total. The van der Waals surface area contributed by atoms with E-state index >= 15 is 0 Å². The number of nitrogens with zero attached hydrogens (tertiary/aromatic N) is 7. The molecule has 2 aromatic carbocycles. The van der Waals surface area contributed by atoms with Crippen LogP contribution in [-0.4, -0.2) is 122 Å². The zero-order valence-electron chi connectivity index (χ0n) is 31.9. The zero-order chi connectivity index (χ0) is 38.2. The third kappa shape index (κ3) is 9.64. The van der Waals surface area contributed by atoms with Crippen LogP contribution < -0.4 is 14.5 Å². The molecule has 13 nitrogen and oxygen atoms in total. The van der Waals surface area contributed by atoms with Gasteiger partial charge in [-0.15, -0.1) is 0 Å². The lowest BCUT2D eigenvalue weighted by molar-refractivity contribution is -0.141. The molecule has 3 aliphatic heterocycles. The van der Waals surface area contributed by atoms with E-state index in [9.17, 15) is 9.59 Å². The van der Waals surface area contributed by atoms with Gasteiger partial charge < -0.3 is 33.6 Å². The van der Waals surface area contributed by atoms with Gasteiger partial charge in [0.1, 0.15) is 24.1 Å². The monoisotopic (exact) mass is 761 g/mol. The molecule has 0 saturated carbocycles. The molecule has 2 saturated heterocycles. The van der Waals surface area contributed by atoms with Gasteiger partial charge in [-0.05, 0) is 70.5 Å². The Bertz CT molecular complexity index is 1830. The smallest absolute Gasteiger partial charge is 0.410 e. The number of hydrogen-bond acceptors (Lipinski definition) is 11. The highest BCUT2D eigenvalue weighted by molar-refractivity contribution is 6.36. The second-order valence-corrected chi connectivity index (χ2v) is 15.5. The molecule has 54 heavy (non-hydrogen) atoms. The summed E-state index contributed by atoms with van der Waals surface area (Å²) in [7, 11) is 1.38. The first-order chi connectivity index (χ1) is 26.0. The van der Waals surface area contributed by atoms with E-state index in [2.05, 4.69) is 48.5 Å². The average Bonchev–Trinajstić information content (AvgIpc) is 3.61. The SMILES string of the molecule is [C-]#[N+]C[C@H]1CN(c2nc(OC[C@@H]3CCCN3CCCOCCC(=O)OC)nc3c2CCN(c2cccc4cccc(Cl)c24)C3)CCN1C(=O)OC(C)(C)C. The standard InChI is InChI=1S/C40H52ClN7O6/c1-40(2,3)54-39(50)48-21-20-47(25-30(48)24-42-4)37-31-15-19-46(34-14-7-11-28-10-6-13-32(41)36(28)34)26-33(31)43-38(44-37)53-27-29-12-8-17-45(29)18-9-22-52-23-16-35(49)51-5/h6-7,10-11,13-14,29-30H,8-9,12,15-27H2,1-3,5H3/t29-,30-/m0/s1. The molecule has 0 unspecified atom stereocenters. The Balaban J connectivity index is 1.22. The quantitative estimate of drug-likeness (QED) is 0.116. The van der Waals surface area contributed by atoms with Gasteiger partial charge >= 0.3 is 18.1 Å². The second-order valence-electron chi connectivity index (χ2n) is 15.1. The molecule has 0 spiro atoms. The number of halogens is 1. The molecule has 1 amide bonds. The van der Waals surface area contributed by atoms with Crippen LogP contribution in [0.15, 0.2) is 36.4 Å². The van der Waals surface area contributed by atoms with Gasteiger partial charge in [-0.2, -0.15) is 9.97 Å². The van der Waals surface area contributed by atoms with Gasteiger partial charge in [-0.3, -0.25) is 14.6 Å². The summed E-state index contributed by atoms with van der Waals surface area (Å²) < 4.78 is 22.5. The topological polar surface area (TPSA) is 114 Å². The van der Waals surface area contributed by atoms with Gasteiger partial charge in [0.25, 0.3) is 0 Å². The van der Waals surface area contributed by atoms with Crippen molar-refractivity contribution in [2.75, 3.05) is 82.5 Å². The number of benzene rings is 2. The first kappa shape index (κ1) is 39.3.